The van der Waals surface area contributed by atoms with E-state index in [-0.39, 0.29) is 0 Å². The minimum atomic E-state index is 0.846. The first-order chi connectivity index (χ1) is 10.4. The van der Waals surface area contributed by atoms with E-state index in [0.717, 1.165) is 22.6 Å². The van der Waals surface area contributed by atoms with Gasteiger partial charge in [-0.2, -0.15) is 5.10 Å². The summed E-state index contributed by atoms with van der Waals surface area (Å²) in [5.74, 6) is 0.846. The maximum absolute atomic E-state index is 5.22. The smallest absolute Gasteiger partial charge is 0.119 e. The van der Waals surface area contributed by atoms with Crippen molar-refractivity contribution in [2.75, 3.05) is 7.11 Å². The zero-order chi connectivity index (χ0) is 14.2. The lowest BCUT2D eigenvalue weighted by atomic mass is 10.1. The molecule has 102 valence electrons. The Balaban J connectivity index is 1.99. The van der Waals surface area contributed by atoms with E-state index in [4.69, 9.17) is 9.84 Å². The Morgan fingerprint density at radius 3 is 2.48 bits per heavy atom. The second-order valence-electron chi connectivity index (χ2n) is 4.95. The summed E-state index contributed by atoms with van der Waals surface area (Å²) in [6.45, 7) is 0. The number of hydrogen-bond donors (Lipinski definition) is 0. The molecule has 1 aliphatic heterocycles. The van der Waals surface area contributed by atoms with Crippen molar-refractivity contribution < 1.29 is 4.74 Å². The summed E-state index contributed by atoms with van der Waals surface area (Å²) >= 11 is 0. The molecule has 0 unspecified atom stereocenters. The third kappa shape index (κ3) is 1.86. The normalized spacial score (nSPS) is 11.1. The molecule has 0 saturated heterocycles. The van der Waals surface area contributed by atoms with Crippen LogP contribution in [0.15, 0.2) is 66.7 Å². The van der Waals surface area contributed by atoms with Crippen molar-refractivity contribution in [1.82, 2.24) is 9.78 Å². The predicted octanol–water partition coefficient (Wildman–Crippen LogP) is 4.14. The monoisotopic (exact) mass is 274 g/mol. The Hall–Kier alpha value is -2.81. The molecule has 21 heavy (non-hydrogen) atoms. The zero-order valence-corrected chi connectivity index (χ0v) is 11.7. The third-order valence-electron chi connectivity index (χ3n) is 3.74. The molecule has 0 N–H and O–H groups in total. The molecule has 1 heterocycles. The number of ether oxygens (including phenoxy) is 1. The number of rotatable bonds is 2. The topological polar surface area (TPSA) is 27.1 Å². The standard InChI is InChI=1S/C18H14N2O/c1-21-14-11-9-13(10-12-14)20-18-8-4-6-16(18)15-5-2-3-7-17(15)19-20/h2-12H,1H3. The van der Waals surface area contributed by atoms with Gasteiger partial charge in [0.2, 0.25) is 0 Å². The van der Waals surface area contributed by atoms with Gasteiger partial charge in [0.05, 0.1) is 24.0 Å². The number of methoxy groups -OCH3 is 1. The van der Waals surface area contributed by atoms with Gasteiger partial charge in [0.1, 0.15) is 5.75 Å². The fourth-order valence-electron chi connectivity index (χ4n) is 2.69. The van der Waals surface area contributed by atoms with E-state index in [9.17, 15) is 0 Å². The summed E-state index contributed by atoms with van der Waals surface area (Å²) in [7, 11) is 1.67. The highest BCUT2D eigenvalue weighted by Gasteiger charge is 2.13. The van der Waals surface area contributed by atoms with Gasteiger partial charge >= 0.3 is 0 Å². The Labute approximate surface area is 122 Å². The first-order valence-corrected chi connectivity index (χ1v) is 6.88. The maximum Gasteiger partial charge on any atom is 0.119 e. The van der Waals surface area contributed by atoms with Gasteiger partial charge in [-0.15, -0.1) is 0 Å². The summed E-state index contributed by atoms with van der Waals surface area (Å²) in [6, 6.07) is 22.5. The van der Waals surface area contributed by atoms with Crippen molar-refractivity contribution in [2.24, 2.45) is 0 Å². The number of benzene rings is 2. The van der Waals surface area contributed by atoms with Crippen LogP contribution in [-0.2, 0) is 0 Å². The van der Waals surface area contributed by atoms with Crippen LogP contribution in [0, 0.1) is 0 Å². The number of nitrogens with zero attached hydrogens (tertiary/aromatic N) is 2. The lowest BCUT2D eigenvalue weighted by Crippen LogP contribution is -2.05. The average molecular weight is 274 g/mol. The van der Waals surface area contributed by atoms with Crippen molar-refractivity contribution in [1.29, 1.82) is 0 Å². The summed E-state index contributed by atoms with van der Waals surface area (Å²) in [4.78, 5) is 0. The Kier molecular flexibility index (Phi) is 2.64. The molecule has 0 radical (unpaired) electrons. The second-order valence-corrected chi connectivity index (χ2v) is 4.95. The van der Waals surface area contributed by atoms with Crippen molar-refractivity contribution in [3.63, 3.8) is 0 Å². The molecule has 3 heteroatoms. The fraction of sp³-hybridized carbons (Fsp3) is 0.0556. The van der Waals surface area contributed by atoms with Gasteiger partial charge in [-0.1, -0.05) is 30.3 Å². The highest BCUT2D eigenvalue weighted by molar-refractivity contribution is 5.94. The molecule has 4 rings (SSSR count). The van der Waals surface area contributed by atoms with Crippen LogP contribution in [0.4, 0.5) is 0 Å². The molecule has 2 aliphatic rings. The molecule has 2 aromatic rings. The molecule has 0 spiro atoms. The Morgan fingerprint density at radius 2 is 1.67 bits per heavy atom. The molecule has 0 saturated carbocycles. The lowest BCUT2D eigenvalue weighted by Gasteiger charge is -2.14. The van der Waals surface area contributed by atoms with E-state index in [1.165, 1.54) is 10.9 Å². The van der Waals surface area contributed by atoms with Crippen LogP contribution in [-0.4, -0.2) is 16.9 Å². The summed E-state index contributed by atoms with van der Waals surface area (Å²) in [5, 5.41) is 5.96. The minimum Gasteiger partial charge on any atom is -0.497 e. The van der Waals surface area contributed by atoms with E-state index in [1.807, 2.05) is 47.1 Å². The van der Waals surface area contributed by atoms with Crippen molar-refractivity contribution >= 4 is 10.9 Å². The zero-order valence-electron chi connectivity index (χ0n) is 11.7. The molecule has 0 bridgehead atoms. The molecule has 0 amide bonds. The number of fused-ring (bicyclic) bond motifs is 3. The van der Waals surface area contributed by atoms with Crippen LogP contribution >= 0.6 is 0 Å². The SMILES string of the molecule is COc1ccc(-n2nc3ccccc3c3cccc2-3)cc1. The van der Waals surface area contributed by atoms with Gasteiger partial charge in [0.15, 0.2) is 0 Å². The van der Waals surface area contributed by atoms with E-state index in [2.05, 4.69) is 24.3 Å². The molecule has 0 fully saturated rings. The first-order valence-electron chi connectivity index (χ1n) is 6.88. The molecule has 0 aromatic heterocycles. The largest absolute Gasteiger partial charge is 0.497 e. The van der Waals surface area contributed by atoms with Crippen LogP contribution in [0.1, 0.15) is 0 Å². The lowest BCUT2D eigenvalue weighted by molar-refractivity contribution is 0.414. The van der Waals surface area contributed by atoms with Gasteiger partial charge in [0.25, 0.3) is 0 Å². The minimum absolute atomic E-state index is 0.846. The molecular formula is C18H14N2O. The highest BCUT2D eigenvalue weighted by atomic mass is 16.5. The maximum atomic E-state index is 5.22. The van der Waals surface area contributed by atoms with Gasteiger partial charge in [-0.25, -0.2) is 4.68 Å². The van der Waals surface area contributed by atoms with Gasteiger partial charge < -0.3 is 4.74 Å². The van der Waals surface area contributed by atoms with E-state index in [1.54, 1.807) is 7.11 Å². The van der Waals surface area contributed by atoms with Crippen LogP contribution in [0.5, 0.6) is 5.75 Å². The van der Waals surface area contributed by atoms with E-state index >= 15 is 0 Å². The van der Waals surface area contributed by atoms with Gasteiger partial charge in [-0.3, -0.25) is 0 Å². The summed E-state index contributed by atoms with van der Waals surface area (Å²) < 4.78 is 7.20. The van der Waals surface area contributed by atoms with E-state index in [0.29, 0.717) is 0 Å². The average Bonchev–Trinajstić information content (AvgIpc) is 3.04. The fourth-order valence-corrected chi connectivity index (χ4v) is 2.69. The predicted molar refractivity (Wildman–Crippen MR) is 84.2 cm³/mol. The molecule has 0 atom stereocenters. The number of aromatic nitrogens is 2. The third-order valence-corrected chi connectivity index (χ3v) is 3.74. The van der Waals surface area contributed by atoms with Crippen LogP contribution in [0.25, 0.3) is 27.8 Å². The first kappa shape index (κ1) is 12.0. The molecular weight excluding hydrogens is 260 g/mol. The second kappa shape index (κ2) is 4.63. The van der Waals surface area contributed by atoms with Crippen LogP contribution in [0.2, 0.25) is 0 Å². The quantitative estimate of drug-likeness (QED) is 0.549. The molecule has 3 nitrogen and oxygen atoms in total. The summed E-state index contributed by atoms with van der Waals surface area (Å²) in [5.41, 5.74) is 4.35. The highest BCUT2D eigenvalue weighted by Crippen LogP contribution is 2.32. The van der Waals surface area contributed by atoms with Crippen molar-refractivity contribution in [2.45, 2.75) is 0 Å². The number of hydrogen-bond acceptors (Lipinski definition) is 2. The van der Waals surface area contributed by atoms with Crippen molar-refractivity contribution in [3.8, 4) is 22.7 Å². The van der Waals surface area contributed by atoms with E-state index < -0.39 is 0 Å². The van der Waals surface area contributed by atoms with Crippen molar-refractivity contribution in [3.05, 3.63) is 66.7 Å². The Morgan fingerprint density at radius 1 is 0.857 bits per heavy atom. The van der Waals surface area contributed by atoms with Gasteiger partial charge in [-0.05, 0) is 36.4 Å². The van der Waals surface area contributed by atoms with Crippen LogP contribution < -0.4 is 4.74 Å². The summed E-state index contributed by atoms with van der Waals surface area (Å²) in [6.07, 6.45) is 0. The van der Waals surface area contributed by atoms with Gasteiger partial charge in [0, 0.05) is 10.9 Å². The molecule has 1 aliphatic carbocycles. The molecule has 2 aromatic carbocycles. The van der Waals surface area contributed by atoms with Crippen LogP contribution in [0.3, 0.4) is 0 Å². The Bertz CT molecular complexity index is 877.